The Morgan fingerprint density at radius 1 is 1.12 bits per heavy atom. The van der Waals surface area contributed by atoms with E-state index < -0.39 is 49.2 Å². The average Bonchev–Trinajstić information content (AvgIpc) is 2.92. The van der Waals surface area contributed by atoms with E-state index in [4.69, 9.17) is 5.73 Å². The van der Waals surface area contributed by atoms with Crippen molar-refractivity contribution in [3.8, 4) is 0 Å². The molecule has 1 fully saturated rings. The molecule has 25 heavy (non-hydrogen) atoms. The van der Waals surface area contributed by atoms with Gasteiger partial charge in [0.15, 0.2) is 5.41 Å². The molecule has 1 heterocycles. The summed E-state index contributed by atoms with van der Waals surface area (Å²) < 4.78 is 78.2. The fourth-order valence-electron chi connectivity index (χ4n) is 2.73. The van der Waals surface area contributed by atoms with E-state index >= 15 is 0 Å². The van der Waals surface area contributed by atoms with Crippen molar-refractivity contribution >= 4 is 18.3 Å². The van der Waals surface area contributed by atoms with Gasteiger partial charge < -0.3 is 10.6 Å². The van der Waals surface area contributed by atoms with Crippen LogP contribution in [0.4, 0.5) is 26.3 Å². The largest absolute Gasteiger partial charge is 0.404 e. The van der Waals surface area contributed by atoms with Crippen molar-refractivity contribution in [1.29, 1.82) is 0 Å². The number of rotatable bonds is 2. The lowest BCUT2D eigenvalue weighted by Gasteiger charge is -2.33. The van der Waals surface area contributed by atoms with E-state index in [-0.39, 0.29) is 12.4 Å². The number of benzene rings is 1. The number of likely N-dealkylation sites (tertiary alicyclic amines) is 1. The molecule has 3 nitrogen and oxygen atoms in total. The van der Waals surface area contributed by atoms with Crippen LogP contribution in [0.2, 0.25) is 0 Å². The molecule has 1 amide bonds. The van der Waals surface area contributed by atoms with Gasteiger partial charge in [-0.3, -0.25) is 4.79 Å². The summed E-state index contributed by atoms with van der Waals surface area (Å²) in [6.45, 7) is -0.311. The minimum Gasteiger partial charge on any atom is -0.340 e. The van der Waals surface area contributed by atoms with Crippen molar-refractivity contribution in [3.05, 3.63) is 35.4 Å². The first-order valence-electron chi connectivity index (χ1n) is 7.13. The molecule has 0 aliphatic carbocycles. The number of hydrogen-bond donors (Lipinski definition) is 1. The maximum Gasteiger partial charge on any atom is 0.404 e. The summed E-state index contributed by atoms with van der Waals surface area (Å²) in [4.78, 5) is 12.8. The first-order chi connectivity index (χ1) is 10.9. The highest BCUT2D eigenvalue weighted by atomic mass is 35.5. The van der Waals surface area contributed by atoms with Crippen molar-refractivity contribution in [3.63, 3.8) is 0 Å². The maximum atomic E-state index is 13.0. The number of carbonyl (C=O) groups is 1. The third-order valence-corrected chi connectivity index (χ3v) is 4.37. The van der Waals surface area contributed by atoms with Gasteiger partial charge in [0, 0.05) is 13.1 Å². The van der Waals surface area contributed by atoms with Gasteiger partial charge in [-0.25, -0.2) is 0 Å². The summed E-state index contributed by atoms with van der Waals surface area (Å²) in [6, 6.07) is 5.05. The van der Waals surface area contributed by atoms with Gasteiger partial charge >= 0.3 is 12.4 Å². The second-order valence-electron chi connectivity index (χ2n) is 5.98. The quantitative estimate of drug-likeness (QED) is 0.782. The SMILES string of the molecule is Cc1ccc(C(N)C(=O)N2CCC(C(F)(F)F)(C(F)(F)F)C2)cc1.Cl. The third kappa shape index (κ3) is 3.87. The standard InChI is InChI=1S/C15H16F6N2O.ClH/c1-9-2-4-10(5-3-9)11(22)12(24)23-7-6-13(8-23,14(16,17)18)15(19,20)21;/h2-5,11H,6-8,22H2,1H3;1H. The molecule has 0 bridgehead atoms. The number of nitrogens with two attached hydrogens (primary N) is 1. The molecule has 0 spiro atoms. The Morgan fingerprint density at radius 3 is 2.00 bits per heavy atom. The Bertz CT molecular complexity index is 600. The van der Waals surface area contributed by atoms with Crippen LogP contribution in [0, 0.1) is 12.3 Å². The predicted octanol–water partition coefficient (Wildman–Crippen LogP) is 3.76. The first-order valence-corrected chi connectivity index (χ1v) is 7.13. The lowest BCUT2D eigenvalue weighted by Crippen LogP contribution is -2.52. The molecular formula is C15H17ClF6N2O. The van der Waals surface area contributed by atoms with Gasteiger partial charge in [-0.1, -0.05) is 29.8 Å². The topological polar surface area (TPSA) is 46.3 Å². The molecule has 1 aliphatic heterocycles. The predicted molar refractivity (Wildman–Crippen MR) is 81.1 cm³/mol. The number of hydrogen-bond acceptors (Lipinski definition) is 2. The lowest BCUT2D eigenvalue weighted by atomic mass is 9.85. The monoisotopic (exact) mass is 390 g/mol. The molecule has 1 unspecified atom stereocenters. The van der Waals surface area contributed by atoms with Crippen LogP contribution in [-0.4, -0.2) is 36.2 Å². The van der Waals surface area contributed by atoms with Crippen molar-refractivity contribution in [2.75, 3.05) is 13.1 Å². The fourth-order valence-corrected chi connectivity index (χ4v) is 2.73. The first kappa shape index (κ1) is 21.6. The molecule has 1 saturated heterocycles. The number of alkyl halides is 6. The molecule has 2 rings (SSSR count). The van der Waals surface area contributed by atoms with E-state index in [1.807, 2.05) is 0 Å². The molecule has 10 heteroatoms. The zero-order valence-corrected chi connectivity index (χ0v) is 13.9. The van der Waals surface area contributed by atoms with Crippen LogP contribution in [0.5, 0.6) is 0 Å². The highest BCUT2D eigenvalue weighted by Crippen LogP contribution is 2.55. The summed E-state index contributed by atoms with van der Waals surface area (Å²) in [5.41, 5.74) is 3.04. The van der Waals surface area contributed by atoms with Gasteiger partial charge in [-0.05, 0) is 18.9 Å². The molecule has 2 N–H and O–H groups in total. The molecule has 1 aromatic rings. The molecule has 1 aromatic carbocycles. The van der Waals surface area contributed by atoms with Gasteiger partial charge in [0.2, 0.25) is 5.91 Å². The molecule has 0 saturated carbocycles. The number of carbonyl (C=O) groups excluding carboxylic acids is 1. The van der Waals surface area contributed by atoms with Crippen molar-refractivity contribution in [1.82, 2.24) is 4.90 Å². The second-order valence-corrected chi connectivity index (χ2v) is 5.98. The Hall–Kier alpha value is -1.48. The van der Waals surface area contributed by atoms with E-state index in [0.717, 1.165) is 5.56 Å². The van der Waals surface area contributed by atoms with Gasteiger partial charge in [0.05, 0.1) is 0 Å². The summed E-state index contributed by atoms with van der Waals surface area (Å²) >= 11 is 0. The summed E-state index contributed by atoms with van der Waals surface area (Å²) in [7, 11) is 0. The summed E-state index contributed by atoms with van der Waals surface area (Å²) in [6.07, 6.45) is -12.2. The normalized spacial score (nSPS) is 18.6. The van der Waals surface area contributed by atoms with Crippen LogP contribution in [0.1, 0.15) is 23.6 Å². The van der Waals surface area contributed by atoms with E-state index in [9.17, 15) is 31.1 Å². The van der Waals surface area contributed by atoms with Crippen molar-refractivity contribution in [2.24, 2.45) is 11.1 Å². The Kier molecular flexibility index (Phi) is 6.06. The lowest BCUT2D eigenvalue weighted by molar-refractivity contribution is -0.334. The van der Waals surface area contributed by atoms with Gasteiger partial charge in [0.1, 0.15) is 6.04 Å². The summed E-state index contributed by atoms with van der Waals surface area (Å²) in [5, 5.41) is 0. The molecular weight excluding hydrogens is 374 g/mol. The van der Waals surface area contributed by atoms with E-state index in [0.29, 0.717) is 10.5 Å². The minimum atomic E-state index is -5.49. The molecule has 1 atom stereocenters. The highest BCUT2D eigenvalue weighted by molar-refractivity contribution is 5.85. The van der Waals surface area contributed by atoms with E-state index in [1.165, 1.54) is 12.1 Å². The Balaban J connectivity index is 0.00000312. The van der Waals surface area contributed by atoms with Crippen LogP contribution < -0.4 is 5.73 Å². The zero-order valence-electron chi connectivity index (χ0n) is 13.1. The summed E-state index contributed by atoms with van der Waals surface area (Å²) in [5.74, 6) is -0.950. The Morgan fingerprint density at radius 2 is 1.60 bits per heavy atom. The molecule has 0 aromatic heterocycles. The van der Waals surface area contributed by atoms with Crippen LogP contribution in [0.25, 0.3) is 0 Å². The second kappa shape index (κ2) is 7.03. The smallest absolute Gasteiger partial charge is 0.340 e. The van der Waals surface area contributed by atoms with Gasteiger partial charge in [-0.2, -0.15) is 26.3 Å². The zero-order chi connectivity index (χ0) is 18.3. The van der Waals surface area contributed by atoms with Gasteiger partial charge in [-0.15, -0.1) is 12.4 Å². The fraction of sp³-hybridized carbons (Fsp3) is 0.533. The van der Waals surface area contributed by atoms with Crippen LogP contribution in [-0.2, 0) is 4.79 Å². The average molecular weight is 391 g/mol. The van der Waals surface area contributed by atoms with Gasteiger partial charge in [0.25, 0.3) is 0 Å². The third-order valence-electron chi connectivity index (χ3n) is 4.37. The number of amides is 1. The van der Waals surface area contributed by atoms with Crippen molar-refractivity contribution < 1.29 is 31.1 Å². The molecule has 142 valence electrons. The minimum absolute atomic E-state index is 0. The van der Waals surface area contributed by atoms with E-state index in [2.05, 4.69) is 0 Å². The van der Waals surface area contributed by atoms with Crippen LogP contribution >= 0.6 is 12.4 Å². The highest BCUT2D eigenvalue weighted by Gasteiger charge is 2.73. The molecule has 0 radical (unpaired) electrons. The number of nitrogens with zero attached hydrogens (tertiary/aromatic N) is 1. The maximum absolute atomic E-state index is 13.0. The molecule has 1 aliphatic rings. The number of halogens is 7. The van der Waals surface area contributed by atoms with Crippen molar-refractivity contribution in [2.45, 2.75) is 31.7 Å². The number of aryl methyl sites for hydroxylation is 1. The Labute approximate surface area is 146 Å². The van der Waals surface area contributed by atoms with E-state index in [1.54, 1.807) is 19.1 Å². The van der Waals surface area contributed by atoms with Crippen LogP contribution in [0.15, 0.2) is 24.3 Å². The van der Waals surface area contributed by atoms with Crippen LogP contribution in [0.3, 0.4) is 0 Å².